The second-order valence-corrected chi connectivity index (χ2v) is 7.23. The molecule has 4 heteroatoms. The van der Waals surface area contributed by atoms with Crippen molar-refractivity contribution in [2.45, 2.75) is 51.7 Å². The van der Waals surface area contributed by atoms with E-state index < -0.39 is 6.10 Å². The first-order valence-corrected chi connectivity index (χ1v) is 8.50. The molecule has 2 aromatic rings. The first kappa shape index (κ1) is 16.2. The van der Waals surface area contributed by atoms with Gasteiger partial charge in [0.1, 0.15) is 11.8 Å². The van der Waals surface area contributed by atoms with Crippen LogP contribution in [0.1, 0.15) is 51.4 Å². The van der Waals surface area contributed by atoms with Crippen molar-refractivity contribution in [3.63, 3.8) is 0 Å². The van der Waals surface area contributed by atoms with Crippen LogP contribution in [0.5, 0.6) is 0 Å². The number of aliphatic hydroxyl groups is 1. The van der Waals surface area contributed by atoms with Crippen LogP contribution in [-0.4, -0.2) is 22.8 Å². The number of nitrogens with one attached hydrogen (secondary N) is 1. The third kappa shape index (κ3) is 3.82. The van der Waals surface area contributed by atoms with Gasteiger partial charge in [-0.25, -0.2) is 0 Å². The Morgan fingerprint density at radius 2 is 1.96 bits per heavy atom. The summed E-state index contributed by atoms with van der Waals surface area (Å²) in [7, 11) is 0. The normalized spacial score (nSPS) is 17.5. The molecule has 1 fully saturated rings. The van der Waals surface area contributed by atoms with Gasteiger partial charge in [-0.1, -0.05) is 62.2 Å². The van der Waals surface area contributed by atoms with Gasteiger partial charge < -0.3 is 14.9 Å². The lowest BCUT2D eigenvalue weighted by molar-refractivity contribution is 0.0252. The summed E-state index contributed by atoms with van der Waals surface area (Å²) in [4.78, 5) is 0. The quantitative estimate of drug-likeness (QED) is 0.848. The molecule has 0 spiro atoms. The van der Waals surface area contributed by atoms with Gasteiger partial charge in [0.05, 0.1) is 0 Å². The molecule has 2 N–H and O–H groups in total. The van der Waals surface area contributed by atoms with Gasteiger partial charge in [0.2, 0.25) is 0 Å². The van der Waals surface area contributed by atoms with Crippen LogP contribution in [-0.2, 0) is 0 Å². The number of aromatic nitrogens is 1. The van der Waals surface area contributed by atoms with Crippen LogP contribution in [0, 0.1) is 5.41 Å². The van der Waals surface area contributed by atoms with Gasteiger partial charge in [0.15, 0.2) is 5.76 Å². The third-order valence-corrected chi connectivity index (χ3v) is 4.81. The molecular weight excluding hydrogens is 288 g/mol. The Kier molecular flexibility index (Phi) is 4.83. The van der Waals surface area contributed by atoms with Gasteiger partial charge in [0, 0.05) is 29.6 Å². The van der Waals surface area contributed by atoms with E-state index in [0.29, 0.717) is 11.8 Å². The molecule has 0 radical (unpaired) electrons. The molecule has 1 aromatic heterocycles. The van der Waals surface area contributed by atoms with Crippen molar-refractivity contribution in [3.8, 4) is 11.3 Å². The van der Waals surface area contributed by atoms with Crippen LogP contribution < -0.4 is 5.32 Å². The molecule has 1 aliphatic carbocycles. The summed E-state index contributed by atoms with van der Waals surface area (Å²) in [5.41, 5.74) is 1.45. The fraction of sp³-hybridized carbons (Fsp3) is 0.526. The fourth-order valence-corrected chi connectivity index (χ4v) is 3.18. The average Bonchev–Trinajstić information content (AvgIpc) is 3.25. The Balaban J connectivity index is 1.66. The minimum absolute atomic E-state index is 0.309. The molecule has 1 unspecified atom stereocenters. The van der Waals surface area contributed by atoms with Gasteiger partial charge in [-0.05, 0) is 12.8 Å². The van der Waals surface area contributed by atoms with Crippen molar-refractivity contribution in [1.29, 1.82) is 0 Å². The van der Waals surface area contributed by atoms with Gasteiger partial charge >= 0.3 is 0 Å². The van der Waals surface area contributed by atoms with Crippen LogP contribution in [0.25, 0.3) is 11.3 Å². The largest absolute Gasteiger partial charge is 0.384 e. The molecule has 0 aliphatic heterocycles. The standard InChI is InChI=1S/C19H26N2O2/c1-19(2,13-20-15-10-6-7-11-15)18(22)17-12-16(21-23-17)14-8-4-3-5-9-14/h3-5,8-9,12,15,18,20,22H,6-7,10-11,13H2,1-2H3. The summed E-state index contributed by atoms with van der Waals surface area (Å²) in [6.07, 6.45) is 4.42. The Hall–Kier alpha value is -1.65. The summed E-state index contributed by atoms with van der Waals surface area (Å²) in [5, 5.41) is 18.4. The number of hydrogen-bond acceptors (Lipinski definition) is 4. The summed E-state index contributed by atoms with van der Waals surface area (Å²) in [6.45, 7) is 4.88. The zero-order valence-electron chi connectivity index (χ0n) is 14.0. The molecule has 124 valence electrons. The van der Waals surface area contributed by atoms with Crippen molar-refractivity contribution >= 4 is 0 Å². The van der Waals surface area contributed by atoms with Gasteiger partial charge in [-0.3, -0.25) is 0 Å². The predicted molar refractivity (Wildman–Crippen MR) is 90.9 cm³/mol. The molecule has 3 rings (SSSR count). The Bertz CT molecular complexity index is 615. The summed E-state index contributed by atoms with van der Waals surface area (Å²) >= 11 is 0. The van der Waals surface area contributed by atoms with Crippen molar-refractivity contribution in [3.05, 3.63) is 42.2 Å². The monoisotopic (exact) mass is 314 g/mol. The minimum atomic E-state index is -0.679. The first-order chi connectivity index (χ1) is 11.1. The molecule has 1 saturated carbocycles. The lowest BCUT2D eigenvalue weighted by atomic mass is 9.84. The van der Waals surface area contributed by atoms with E-state index in [1.54, 1.807) is 0 Å². The van der Waals surface area contributed by atoms with Crippen molar-refractivity contribution in [1.82, 2.24) is 10.5 Å². The third-order valence-electron chi connectivity index (χ3n) is 4.81. The maximum Gasteiger partial charge on any atom is 0.166 e. The molecule has 0 amide bonds. The Labute approximate surface area is 137 Å². The first-order valence-electron chi connectivity index (χ1n) is 8.50. The second-order valence-electron chi connectivity index (χ2n) is 7.23. The van der Waals surface area contributed by atoms with E-state index in [2.05, 4.69) is 24.3 Å². The lowest BCUT2D eigenvalue weighted by Gasteiger charge is -2.30. The highest BCUT2D eigenvalue weighted by atomic mass is 16.5. The summed E-state index contributed by atoms with van der Waals surface area (Å²) < 4.78 is 5.41. The van der Waals surface area contributed by atoms with E-state index in [1.165, 1.54) is 25.7 Å². The van der Waals surface area contributed by atoms with Crippen LogP contribution in [0.15, 0.2) is 40.9 Å². The van der Waals surface area contributed by atoms with E-state index in [9.17, 15) is 5.11 Å². The SMILES string of the molecule is CC(C)(CNC1CCCC1)C(O)c1cc(-c2ccccc2)no1. The van der Waals surface area contributed by atoms with Crippen molar-refractivity contribution in [2.75, 3.05) is 6.54 Å². The van der Waals surface area contributed by atoms with Crippen LogP contribution in [0.4, 0.5) is 0 Å². The predicted octanol–water partition coefficient (Wildman–Crippen LogP) is 3.93. The number of aliphatic hydroxyl groups excluding tert-OH is 1. The summed E-state index contributed by atoms with van der Waals surface area (Å²) in [5.74, 6) is 0.530. The number of nitrogens with zero attached hydrogens (tertiary/aromatic N) is 1. The molecule has 1 heterocycles. The molecule has 23 heavy (non-hydrogen) atoms. The van der Waals surface area contributed by atoms with Crippen molar-refractivity contribution < 1.29 is 9.63 Å². The van der Waals surface area contributed by atoms with E-state index in [4.69, 9.17) is 4.52 Å². The topological polar surface area (TPSA) is 58.3 Å². The van der Waals surface area contributed by atoms with Crippen LogP contribution >= 0.6 is 0 Å². The molecule has 0 bridgehead atoms. The van der Waals surface area contributed by atoms with E-state index >= 15 is 0 Å². The highest BCUT2D eigenvalue weighted by Gasteiger charge is 2.33. The minimum Gasteiger partial charge on any atom is -0.384 e. The van der Waals surface area contributed by atoms with Crippen LogP contribution in [0.3, 0.4) is 0 Å². The van der Waals surface area contributed by atoms with E-state index in [0.717, 1.165) is 17.8 Å². The van der Waals surface area contributed by atoms with Crippen molar-refractivity contribution in [2.24, 2.45) is 5.41 Å². The number of benzene rings is 1. The lowest BCUT2D eigenvalue weighted by Crippen LogP contribution is -2.38. The molecule has 0 saturated heterocycles. The van der Waals surface area contributed by atoms with E-state index in [1.807, 2.05) is 36.4 Å². The molecule has 1 aliphatic rings. The van der Waals surface area contributed by atoms with E-state index in [-0.39, 0.29) is 5.41 Å². The smallest absolute Gasteiger partial charge is 0.166 e. The van der Waals surface area contributed by atoms with Gasteiger partial charge in [-0.15, -0.1) is 0 Å². The number of rotatable bonds is 6. The molecule has 4 nitrogen and oxygen atoms in total. The second kappa shape index (κ2) is 6.85. The zero-order chi connectivity index (χ0) is 16.3. The van der Waals surface area contributed by atoms with Gasteiger partial charge in [-0.2, -0.15) is 0 Å². The Morgan fingerprint density at radius 3 is 2.65 bits per heavy atom. The van der Waals surface area contributed by atoms with Crippen LogP contribution in [0.2, 0.25) is 0 Å². The highest BCUT2D eigenvalue weighted by Crippen LogP contribution is 2.35. The number of hydrogen-bond donors (Lipinski definition) is 2. The molecule has 1 atom stereocenters. The molecular formula is C19H26N2O2. The highest BCUT2D eigenvalue weighted by molar-refractivity contribution is 5.58. The molecule has 1 aromatic carbocycles. The Morgan fingerprint density at radius 1 is 1.26 bits per heavy atom. The average molecular weight is 314 g/mol. The fourth-order valence-electron chi connectivity index (χ4n) is 3.18. The zero-order valence-corrected chi connectivity index (χ0v) is 14.0. The summed E-state index contributed by atoms with van der Waals surface area (Å²) in [6, 6.07) is 12.3. The van der Waals surface area contributed by atoms with Gasteiger partial charge in [0.25, 0.3) is 0 Å². The maximum atomic E-state index is 10.7. The maximum absolute atomic E-state index is 10.7.